The van der Waals surface area contributed by atoms with E-state index in [1.54, 1.807) is 27.0 Å². The van der Waals surface area contributed by atoms with Crippen LogP contribution in [0.5, 0.6) is 0 Å². The third-order valence-electron chi connectivity index (χ3n) is 4.09. The Morgan fingerprint density at radius 2 is 1.85 bits per heavy atom. The first-order chi connectivity index (χ1) is 12.6. The van der Waals surface area contributed by atoms with Gasteiger partial charge in [-0.15, -0.1) is 0 Å². The van der Waals surface area contributed by atoms with Crippen LogP contribution in [0, 0.1) is 16.7 Å². The molecular weight excluding hydrogens is 332 g/mol. The molecule has 0 saturated heterocycles. The summed E-state index contributed by atoms with van der Waals surface area (Å²) in [6.07, 6.45) is 0.755. The number of para-hydroxylation sites is 1. The number of ether oxygens (including phenoxy) is 3. The lowest BCUT2D eigenvalue weighted by atomic mass is 9.81. The summed E-state index contributed by atoms with van der Waals surface area (Å²) < 4.78 is 16.5. The molecule has 26 heavy (non-hydrogen) atoms. The first-order valence-corrected chi connectivity index (χ1v) is 8.77. The van der Waals surface area contributed by atoms with Crippen LogP contribution < -0.4 is 0 Å². The number of nitrogens with zero attached hydrogens (tertiary/aromatic N) is 2. The van der Waals surface area contributed by atoms with Gasteiger partial charge in [0.25, 0.3) is 0 Å². The molecule has 0 saturated carbocycles. The van der Waals surface area contributed by atoms with Crippen molar-refractivity contribution in [1.29, 1.82) is 5.26 Å². The Bertz CT molecular complexity index is 775. The average molecular weight is 356 g/mol. The Hall–Kier alpha value is -2.49. The summed E-state index contributed by atoms with van der Waals surface area (Å²) in [5, 5.41) is 10.9. The molecule has 138 valence electrons. The topological polar surface area (TPSA) is 81.4 Å². The van der Waals surface area contributed by atoms with E-state index in [2.05, 4.69) is 11.1 Å². The van der Waals surface area contributed by atoms with Crippen molar-refractivity contribution in [1.82, 2.24) is 4.98 Å². The molecule has 0 bridgehead atoms. The van der Waals surface area contributed by atoms with E-state index in [0.717, 1.165) is 16.5 Å². The third kappa shape index (κ3) is 4.01. The van der Waals surface area contributed by atoms with Crippen molar-refractivity contribution in [2.45, 2.75) is 33.5 Å². The molecular formula is C20H24N2O4. The van der Waals surface area contributed by atoms with Crippen LogP contribution in [0.4, 0.5) is 0 Å². The number of fused-ring (bicyclic) bond motifs is 1. The van der Waals surface area contributed by atoms with Gasteiger partial charge in [0.2, 0.25) is 5.41 Å². The maximum absolute atomic E-state index is 12.8. The fourth-order valence-corrected chi connectivity index (χ4v) is 2.89. The highest BCUT2D eigenvalue weighted by atomic mass is 16.7. The Morgan fingerprint density at radius 1 is 1.15 bits per heavy atom. The van der Waals surface area contributed by atoms with E-state index in [4.69, 9.17) is 14.2 Å². The summed E-state index contributed by atoms with van der Waals surface area (Å²) in [5.74, 6) is -0.643. The van der Waals surface area contributed by atoms with Gasteiger partial charge < -0.3 is 14.2 Å². The van der Waals surface area contributed by atoms with Gasteiger partial charge in [-0.2, -0.15) is 5.26 Å². The summed E-state index contributed by atoms with van der Waals surface area (Å²) in [5.41, 5.74) is 0.00581. The Balaban J connectivity index is 2.55. The van der Waals surface area contributed by atoms with Crippen LogP contribution in [0.25, 0.3) is 10.9 Å². The number of esters is 1. The Kier molecular flexibility index (Phi) is 7.07. The molecule has 1 atom stereocenters. The third-order valence-corrected chi connectivity index (χ3v) is 4.09. The molecule has 0 N–H and O–H groups in total. The first-order valence-electron chi connectivity index (χ1n) is 8.77. The minimum Gasteiger partial charge on any atom is -0.465 e. The summed E-state index contributed by atoms with van der Waals surface area (Å²) in [6, 6.07) is 11.5. The summed E-state index contributed by atoms with van der Waals surface area (Å²) in [4.78, 5) is 17.1. The van der Waals surface area contributed by atoms with Crippen LogP contribution in [0.3, 0.4) is 0 Å². The van der Waals surface area contributed by atoms with Crippen LogP contribution in [0.2, 0.25) is 0 Å². The van der Waals surface area contributed by atoms with Crippen LogP contribution in [0.1, 0.15) is 26.3 Å². The van der Waals surface area contributed by atoms with Gasteiger partial charge in [0.15, 0.2) is 6.29 Å². The van der Waals surface area contributed by atoms with Gasteiger partial charge in [-0.05, 0) is 38.5 Å². The van der Waals surface area contributed by atoms with Gasteiger partial charge in [0.05, 0.1) is 18.2 Å². The number of aromatic nitrogens is 1. The van der Waals surface area contributed by atoms with Gasteiger partial charge in [-0.1, -0.05) is 18.2 Å². The smallest absolute Gasteiger partial charge is 0.332 e. The minimum atomic E-state index is -1.61. The van der Waals surface area contributed by atoms with E-state index in [9.17, 15) is 10.1 Å². The predicted octanol–water partition coefficient (Wildman–Crippen LogP) is 3.25. The molecule has 1 heterocycles. The zero-order valence-electron chi connectivity index (χ0n) is 15.4. The molecule has 1 aromatic heterocycles. The molecule has 1 aromatic carbocycles. The van der Waals surface area contributed by atoms with Gasteiger partial charge >= 0.3 is 5.97 Å². The van der Waals surface area contributed by atoms with Gasteiger partial charge in [0, 0.05) is 31.2 Å². The second-order valence-corrected chi connectivity index (χ2v) is 5.71. The molecule has 6 nitrogen and oxygen atoms in total. The van der Waals surface area contributed by atoms with Crippen molar-refractivity contribution in [3.05, 3.63) is 42.1 Å². The molecule has 0 fully saturated rings. The van der Waals surface area contributed by atoms with E-state index in [0.29, 0.717) is 13.2 Å². The fraction of sp³-hybridized carbons (Fsp3) is 0.450. The van der Waals surface area contributed by atoms with Gasteiger partial charge in [-0.3, -0.25) is 9.78 Å². The molecule has 1 unspecified atom stereocenters. The van der Waals surface area contributed by atoms with E-state index < -0.39 is 17.7 Å². The zero-order valence-corrected chi connectivity index (χ0v) is 15.4. The van der Waals surface area contributed by atoms with Crippen molar-refractivity contribution in [3.63, 3.8) is 0 Å². The lowest BCUT2D eigenvalue weighted by molar-refractivity contribution is -0.205. The molecule has 0 aliphatic rings. The number of hydrogen-bond acceptors (Lipinski definition) is 6. The fourth-order valence-electron chi connectivity index (χ4n) is 2.89. The maximum atomic E-state index is 12.8. The van der Waals surface area contributed by atoms with Crippen LogP contribution >= 0.6 is 0 Å². The molecule has 2 rings (SSSR count). The van der Waals surface area contributed by atoms with Crippen molar-refractivity contribution < 1.29 is 19.0 Å². The maximum Gasteiger partial charge on any atom is 0.332 e. The second kappa shape index (κ2) is 9.27. The quantitative estimate of drug-likeness (QED) is 0.507. The minimum absolute atomic E-state index is 0.107. The number of pyridine rings is 1. The number of nitriles is 1. The normalized spacial score (nSPS) is 13.3. The van der Waals surface area contributed by atoms with E-state index in [1.165, 1.54) is 0 Å². The number of rotatable bonds is 9. The lowest BCUT2D eigenvalue weighted by Gasteiger charge is -2.32. The number of benzene rings is 1. The monoisotopic (exact) mass is 356 g/mol. The van der Waals surface area contributed by atoms with E-state index >= 15 is 0 Å². The van der Waals surface area contributed by atoms with E-state index in [1.807, 2.05) is 30.3 Å². The Labute approximate surface area is 153 Å². The highest BCUT2D eigenvalue weighted by Gasteiger charge is 2.50. The summed E-state index contributed by atoms with van der Waals surface area (Å²) >= 11 is 0. The summed E-state index contributed by atoms with van der Waals surface area (Å²) in [7, 11) is 0. The number of carbonyl (C=O) groups is 1. The molecule has 0 aliphatic heterocycles. The van der Waals surface area contributed by atoms with Crippen LogP contribution in [-0.4, -0.2) is 37.1 Å². The Morgan fingerprint density at radius 3 is 2.46 bits per heavy atom. The summed E-state index contributed by atoms with van der Waals surface area (Å²) in [6.45, 7) is 6.08. The molecule has 2 aromatic rings. The number of carbonyl (C=O) groups excluding carboxylic acids is 1. The first kappa shape index (κ1) is 19.8. The van der Waals surface area contributed by atoms with Crippen LogP contribution in [0.15, 0.2) is 36.5 Å². The lowest BCUT2D eigenvalue weighted by Crippen LogP contribution is -2.47. The molecule has 0 spiro atoms. The predicted molar refractivity (Wildman–Crippen MR) is 97.2 cm³/mol. The van der Waals surface area contributed by atoms with Crippen molar-refractivity contribution in [2.24, 2.45) is 5.41 Å². The highest BCUT2D eigenvalue weighted by Crippen LogP contribution is 2.34. The molecule has 0 radical (unpaired) electrons. The largest absolute Gasteiger partial charge is 0.465 e. The SMILES string of the molecule is CCOC(=O)C(C#N)(Cc1ccnc2ccccc12)C(OCC)OCC. The molecule has 6 heteroatoms. The number of hydrogen-bond donors (Lipinski definition) is 0. The van der Waals surface area contributed by atoms with Crippen molar-refractivity contribution in [2.75, 3.05) is 19.8 Å². The van der Waals surface area contributed by atoms with Crippen LogP contribution in [-0.2, 0) is 25.4 Å². The molecule has 0 aliphatic carbocycles. The molecule has 0 amide bonds. The average Bonchev–Trinajstić information content (AvgIpc) is 2.66. The standard InChI is InChI=1S/C20H24N2O4/c1-4-24-18(23)20(14-21,19(25-5-2)26-6-3)13-15-11-12-22-17-10-8-7-9-16(15)17/h7-12,19H,4-6,13H2,1-3H3. The second-order valence-electron chi connectivity index (χ2n) is 5.71. The van der Waals surface area contributed by atoms with Crippen molar-refractivity contribution in [3.8, 4) is 6.07 Å². The van der Waals surface area contributed by atoms with Gasteiger partial charge in [0.1, 0.15) is 0 Å². The van der Waals surface area contributed by atoms with Crippen molar-refractivity contribution >= 4 is 16.9 Å². The van der Waals surface area contributed by atoms with E-state index in [-0.39, 0.29) is 13.0 Å². The van der Waals surface area contributed by atoms with Gasteiger partial charge in [-0.25, -0.2) is 0 Å². The highest BCUT2D eigenvalue weighted by molar-refractivity contribution is 5.85. The zero-order chi connectivity index (χ0) is 19.0.